The summed E-state index contributed by atoms with van der Waals surface area (Å²) in [6, 6.07) is 0.426. The average molecular weight is 169 g/mol. The van der Waals surface area contributed by atoms with Gasteiger partial charge in [0, 0.05) is 11.6 Å². The van der Waals surface area contributed by atoms with Crippen LogP contribution in [-0.2, 0) is 0 Å². The molecule has 0 amide bonds. The van der Waals surface area contributed by atoms with E-state index in [0.717, 1.165) is 12.8 Å². The van der Waals surface area contributed by atoms with Crippen molar-refractivity contribution in [2.75, 3.05) is 0 Å². The molecule has 0 saturated heterocycles. The molecule has 0 aromatic carbocycles. The molecular formula is C10H16FN. The van der Waals surface area contributed by atoms with Gasteiger partial charge in [0.1, 0.15) is 6.17 Å². The summed E-state index contributed by atoms with van der Waals surface area (Å²) in [4.78, 5) is 4.58. The molecule has 0 bridgehead atoms. The van der Waals surface area contributed by atoms with Crippen molar-refractivity contribution in [1.82, 2.24) is 0 Å². The molecule has 2 rings (SSSR count). The third kappa shape index (κ3) is 1.17. The molecule has 68 valence electrons. The molecule has 2 heteroatoms. The summed E-state index contributed by atoms with van der Waals surface area (Å²) < 4.78 is 13.1. The number of rotatable bonds is 0. The highest BCUT2D eigenvalue weighted by Gasteiger charge is 2.37. The highest BCUT2D eigenvalue weighted by atomic mass is 19.1. The Morgan fingerprint density at radius 1 is 1.42 bits per heavy atom. The van der Waals surface area contributed by atoms with Crippen molar-refractivity contribution in [3.8, 4) is 0 Å². The van der Waals surface area contributed by atoms with Crippen LogP contribution in [0.2, 0.25) is 0 Å². The number of hydrogen-bond donors (Lipinski definition) is 0. The van der Waals surface area contributed by atoms with Crippen LogP contribution in [0, 0.1) is 11.8 Å². The first-order chi connectivity index (χ1) is 5.68. The van der Waals surface area contributed by atoms with Gasteiger partial charge >= 0.3 is 0 Å². The van der Waals surface area contributed by atoms with Crippen molar-refractivity contribution < 1.29 is 4.39 Å². The molecule has 1 aliphatic carbocycles. The van der Waals surface area contributed by atoms with Gasteiger partial charge in [-0.2, -0.15) is 0 Å². The lowest BCUT2D eigenvalue weighted by molar-refractivity contribution is 0.237. The van der Waals surface area contributed by atoms with Crippen LogP contribution in [0.4, 0.5) is 4.39 Å². The standard InChI is InChI=1S/C10H16FN/c1-6-7(2)12-10-4-3-8(11)5-9(6)10/h6-9H,3-5H2,1-2H3. The topological polar surface area (TPSA) is 12.4 Å². The van der Waals surface area contributed by atoms with Crippen molar-refractivity contribution in [2.24, 2.45) is 16.8 Å². The summed E-state index contributed by atoms with van der Waals surface area (Å²) in [5.41, 5.74) is 1.30. The molecule has 0 spiro atoms. The summed E-state index contributed by atoms with van der Waals surface area (Å²) in [7, 11) is 0. The van der Waals surface area contributed by atoms with Crippen LogP contribution in [0.25, 0.3) is 0 Å². The van der Waals surface area contributed by atoms with Gasteiger partial charge in [-0.3, -0.25) is 4.99 Å². The fourth-order valence-corrected chi connectivity index (χ4v) is 2.41. The highest BCUT2D eigenvalue weighted by molar-refractivity contribution is 5.89. The molecule has 0 radical (unpaired) electrons. The maximum Gasteiger partial charge on any atom is 0.101 e. The lowest BCUT2D eigenvalue weighted by Crippen LogP contribution is -2.27. The fraction of sp³-hybridized carbons (Fsp3) is 0.900. The first-order valence-corrected chi connectivity index (χ1v) is 4.89. The second-order valence-corrected chi connectivity index (χ2v) is 4.20. The van der Waals surface area contributed by atoms with E-state index in [9.17, 15) is 4.39 Å². The van der Waals surface area contributed by atoms with Crippen LogP contribution in [0.3, 0.4) is 0 Å². The first-order valence-electron chi connectivity index (χ1n) is 4.89. The highest BCUT2D eigenvalue weighted by Crippen LogP contribution is 2.37. The van der Waals surface area contributed by atoms with Gasteiger partial charge in [-0.05, 0) is 32.1 Å². The van der Waals surface area contributed by atoms with E-state index in [-0.39, 0.29) is 0 Å². The lowest BCUT2D eigenvalue weighted by atomic mass is 9.79. The smallest absolute Gasteiger partial charge is 0.101 e. The maximum absolute atomic E-state index is 13.1. The van der Waals surface area contributed by atoms with Crippen LogP contribution < -0.4 is 0 Å². The SMILES string of the molecule is CC1N=C2CCC(F)CC2C1C. The van der Waals surface area contributed by atoms with Crippen molar-refractivity contribution in [1.29, 1.82) is 0 Å². The molecule has 0 N–H and O–H groups in total. The fourth-order valence-electron chi connectivity index (χ4n) is 2.41. The van der Waals surface area contributed by atoms with Crippen LogP contribution in [0.15, 0.2) is 4.99 Å². The quantitative estimate of drug-likeness (QED) is 0.528. The Labute approximate surface area is 73.1 Å². The minimum atomic E-state index is -0.568. The van der Waals surface area contributed by atoms with Gasteiger partial charge in [0.15, 0.2) is 0 Å². The Hall–Kier alpha value is -0.400. The number of hydrogen-bond acceptors (Lipinski definition) is 1. The third-order valence-electron chi connectivity index (χ3n) is 3.42. The zero-order valence-corrected chi connectivity index (χ0v) is 7.76. The molecule has 1 heterocycles. The van der Waals surface area contributed by atoms with E-state index >= 15 is 0 Å². The molecule has 4 unspecified atom stereocenters. The van der Waals surface area contributed by atoms with Gasteiger partial charge in [0.05, 0.1) is 6.04 Å². The third-order valence-corrected chi connectivity index (χ3v) is 3.42. The van der Waals surface area contributed by atoms with Gasteiger partial charge in [0.25, 0.3) is 0 Å². The van der Waals surface area contributed by atoms with Crippen molar-refractivity contribution in [2.45, 2.75) is 45.3 Å². The minimum Gasteiger partial charge on any atom is -0.290 e. The largest absolute Gasteiger partial charge is 0.290 e. The normalized spacial score (nSPS) is 47.1. The lowest BCUT2D eigenvalue weighted by Gasteiger charge is -2.25. The number of fused-ring (bicyclic) bond motifs is 1. The monoisotopic (exact) mass is 169 g/mol. The Morgan fingerprint density at radius 2 is 2.17 bits per heavy atom. The zero-order chi connectivity index (χ0) is 8.72. The Bertz CT molecular complexity index is 212. The van der Waals surface area contributed by atoms with Crippen molar-refractivity contribution >= 4 is 5.71 Å². The number of alkyl halides is 1. The van der Waals surface area contributed by atoms with E-state index in [0.29, 0.717) is 24.3 Å². The van der Waals surface area contributed by atoms with Crippen LogP contribution in [-0.4, -0.2) is 17.9 Å². The van der Waals surface area contributed by atoms with E-state index in [1.54, 1.807) is 0 Å². The first kappa shape index (κ1) is 8.21. The number of nitrogens with zero attached hydrogens (tertiary/aromatic N) is 1. The minimum absolute atomic E-state index is 0.426. The summed E-state index contributed by atoms with van der Waals surface area (Å²) in [6.45, 7) is 4.34. The molecule has 1 aliphatic heterocycles. The van der Waals surface area contributed by atoms with Crippen LogP contribution in [0.1, 0.15) is 33.1 Å². The molecule has 1 fully saturated rings. The van der Waals surface area contributed by atoms with E-state index < -0.39 is 6.17 Å². The van der Waals surface area contributed by atoms with Crippen molar-refractivity contribution in [3.63, 3.8) is 0 Å². The molecular weight excluding hydrogens is 153 g/mol. The predicted octanol–water partition coefficient (Wildman–Crippen LogP) is 2.60. The summed E-state index contributed by atoms with van der Waals surface area (Å²) >= 11 is 0. The molecule has 0 aromatic heterocycles. The van der Waals surface area contributed by atoms with Gasteiger partial charge < -0.3 is 0 Å². The average Bonchev–Trinajstić information content (AvgIpc) is 2.31. The van der Waals surface area contributed by atoms with Gasteiger partial charge in [-0.1, -0.05) is 6.92 Å². The Kier molecular flexibility index (Phi) is 1.93. The molecule has 1 saturated carbocycles. The number of aliphatic imine (C=N–C) groups is 1. The van der Waals surface area contributed by atoms with Crippen molar-refractivity contribution in [3.05, 3.63) is 0 Å². The summed E-state index contributed by atoms with van der Waals surface area (Å²) in [6.07, 6.45) is 1.77. The van der Waals surface area contributed by atoms with Crippen LogP contribution in [0.5, 0.6) is 0 Å². The van der Waals surface area contributed by atoms with E-state index in [1.165, 1.54) is 5.71 Å². The summed E-state index contributed by atoms with van der Waals surface area (Å²) in [5, 5.41) is 0. The second kappa shape index (κ2) is 2.82. The predicted molar refractivity (Wildman–Crippen MR) is 48.3 cm³/mol. The number of halogens is 1. The van der Waals surface area contributed by atoms with Gasteiger partial charge in [-0.15, -0.1) is 0 Å². The molecule has 2 aliphatic rings. The zero-order valence-electron chi connectivity index (χ0n) is 7.76. The second-order valence-electron chi connectivity index (χ2n) is 4.20. The summed E-state index contributed by atoms with van der Waals surface area (Å²) in [5.74, 6) is 1.03. The molecule has 0 aromatic rings. The Balaban J connectivity index is 2.14. The molecule has 12 heavy (non-hydrogen) atoms. The maximum atomic E-state index is 13.1. The van der Waals surface area contributed by atoms with Gasteiger partial charge in [-0.25, -0.2) is 4.39 Å². The van der Waals surface area contributed by atoms with E-state index in [1.807, 2.05) is 0 Å². The molecule has 1 nitrogen and oxygen atoms in total. The Morgan fingerprint density at radius 3 is 2.92 bits per heavy atom. The van der Waals surface area contributed by atoms with E-state index in [4.69, 9.17) is 0 Å². The van der Waals surface area contributed by atoms with Crippen LogP contribution >= 0.6 is 0 Å². The molecule has 4 atom stereocenters. The van der Waals surface area contributed by atoms with Gasteiger partial charge in [0.2, 0.25) is 0 Å². The van der Waals surface area contributed by atoms with E-state index in [2.05, 4.69) is 18.8 Å².